The number of benzene rings is 2. The van der Waals surface area contributed by atoms with Gasteiger partial charge in [-0.2, -0.15) is 0 Å². The molecule has 104 valence electrons. The standard InChI is InChI=1S/C16H14BrClFN/c17-14-4-2-1-3-13(14)10-7-12(8-10)20-16-9-11(18)5-6-15(16)19/h1-6,9-10,12,20H,7-8H2. The Morgan fingerprint density at radius 2 is 1.90 bits per heavy atom. The molecule has 0 aromatic heterocycles. The Labute approximate surface area is 131 Å². The summed E-state index contributed by atoms with van der Waals surface area (Å²) in [5, 5.41) is 3.78. The van der Waals surface area contributed by atoms with Gasteiger partial charge in [-0.25, -0.2) is 4.39 Å². The summed E-state index contributed by atoms with van der Waals surface area (Å²) >= 11 is 9.48. The molecule has 0 atom stereocenters. The first-order valence-corrected chi connectivity index (χ1v) is 7.76. The molecule has 0 aliphatic heterocycles. The van der Waals surface area contributed by atoms with Crippen LogP contribution in [-0.2, 0) is 0 Å². The van der Waals surface area contributed by atoms with Crippen LogP contribution >= 0.6 is 27.5 Å². The summed E-state index contributed by atoms with van der Waals surface area (Å²) in [7, 11) is 0. The van der Waals surface area contributed by atoms with E-state index in [9.17, 15) is 4.39 Å². The number of rotatable bonds is 3. The minimum absolute atomic E-state index is 0.251. The Hall–Kier alpha value is -1.06. The van der Waals surface area contributed by atoms with Gasteiger partial charge in [-0.15, -0.1) is 0 Å². The third-order valence-electron chi connectivity index (χ3n) is 3.77. The molecule has 0 saturated heterocycles. The summed E-state index contributed by atoms with van der Waals surface area (Å²) in [6.07, 6.45) is 2.02. The van der Waals surface area contributed by atoms with Gasteiger partial charge in [-0.3, -0.25) is 0 Å². The van der Waals surface area contributed by atoms with Gasteiger partial charge in [0.2, 0.25) is 0 Å². The average molecular weight is 355 g/mol. The van der Waals surface area contributed by atoms with E-state index in [4.69, 9.17) is 11.6 Å². The highest BCUT2D eigenvalue weighted by atomic mass is 79.9. The van der Waals surface area contributed by atoms with Crippen LogP contribution in [0.25, 0.3) is 0 Å². The van der Waals surface area contributed by atoms with E-state index in [0.717, 1.165) is 17.3 Å². The predicted molar refractivity (Wildman–Crippen MR) is 84.9 cm³/mol. The van der Waals surface area contributed by atoms with Gasteiger partial charge in [0.15, 0.2) is 0 Å². The molecule has 4 heteroatoms. The van der Waals surface area contributed by atoms with Gasteiger partial charge in [-0.1, -0.05) is 45.7 Å². The van der Waals surface area contributed by atoms with Crippen molar-refractivity contribution in [2.24, 2.45) is 0 Å². The lowest BCUT2D eigenvalue weighted by Gasteiger charge is -2.37. The molecule has 20 heavy (non-hydrogen) atoms. The first-order chi connectivity index (χ1) is 9.63. The van der Waals surface area contributed by atoms with E-state index in [1.807, 2.05) is 6.07 Å². The van der Waals surface area contributed by atoms with E-state index in [1.165, 1.54) is 11.6 Å². The van der Waals surface area contributed by atoms with Crippen LogP contribution in [-0.4, -0.2) is 6.04 Å². The Morgan fingerprint density at radius 3 is 2.65 bits per heavy atom. The maximum absolute atomic E-state index is 13.6. The summed E-state index contributed by atoms with van der Waals surface area (Å²) in [5.74, 6) is 0.282. The SMILES string of the molecule is Fc1ccc(Cl)cc1NC1CC(c2ccccc2Br)C1. The van der Waals surface area contributed by atoms with Crippen LogP contribution in [0.5, 0.6) is 0 Å². The zero-order chi connectivity index (χ0) is 14.1. The van der Waals surface area contributed by atoms with Gasteiger partial charge in [0, 0.05) is 15.5 Å². The molecule has 0 amide bonds. The summed E-state index contributed by atoms with van der Waals surface area (Å²) in [5.41, 5.74) is 1.82. The van der Waals surface area contributed by atoms with Crippen LogP contribution in [0.2, 0.25) is 5.02 Å². The molecule has 2 aromatic carbocycles. The zero-order valence-corrected chi connectivity index (χ0v) is 13.1. The van der Waals surface area contributed by atoms with Gasteiger partial charge in [0.1, 0.15) is 5.82 Å². The van der Waals surface area contributed by atoms with Crippen molar-refractivity contribution in [3.05, 3.63) is 63.3 Å². The maximum Gasteiger partial charge on any atom is 0.146 e. The predicted octanol–water partition coefficient (Wildman–Crippen LogP) is 5.60. The van der Waals surface area contributed by atoms with E-state index >= 15 is 0 Å². The van der Waals surface area contributed by atoms with E-state index < -0.39 is 0 Å². The van der Waals surface area contributed by atoms with E-state index in [0.29, 0.717) is 22.7 Å². The highest BCUT2D eigenvalue weighted by Gasteiger charge is 2.31. The molecule has 1 nitrogen and oxygen atoms in total. The molecular weight excluding hydrogens is 341 g/mol. The molecule has 0 radical (unpaired) electrons. The molecular formula is C16H14BrClFN. The van der Waals surface area contributed by atoms with E-state index in [-0.39, 0.29) is 5.82 Å². The Kier molecular flexibility index (Phi) is 3.99. The minimum atomic E-state index is -0.251. The minimum Gasteiger partial charge on any atom is -0.380 e. The lowest BCUT2D eigenvalue weighted by atomic mass is 9.76. The molecule has 0 bridgehead atoms. The smallest absolute Gasteiger partial charge is 0.146 e. The molecule has 3 rings (SSSR count). The molecule has 1 saturated carbocycles. The molecule has 1 aliphatic carbocycles. The fourth-order valence-corrected chi connectivity index (χ4v) is 3.40. The number of halogens is 3. The van der Waals surface area contributed by atoms with Gasteiger partial charge < -0.3 is 5.32 Å². The van der Waals surface area contributed by atoms with Crippen LogP contribution in [0, 0.1) is 5.82 Å². The first kappa shape index (κ1) is 13.9. The van der Waals surface area contributed by atoms with Crippen molar-refractivity contribution < 1.29 is 4.39 Å². The van der Waals surface area contributed by atoms with Crippen LogP contribution in [0.15, 0.2) is 46.9 Å². The number of nitrogens with one attached hydrogen (secondary N) is 1. The van der Waals surface area contributed by atoms with Crippen molar-refractivity contribution in [2.75, 3.05) is 5.32 Å². The summed E-state index contributed by atoms with van der Waals surface area (Å²) < 4.78 is 14.8. The highest BCUT2D eigenvalue weighted by molar-refractivity contribution is 9.10. The Balaban J connectivity index is 1.64. The summed E-state index contributed by atoms with van der Waals surface area (Å²) in [6.45, 7) is 0. The topological polar surface area (TPSA) is 12.0 Å². The van der Waals surface area contributed by atoms with Crippen molar-refractivity contribution in [3.8, 4) is 0 Å². The molecule has 1 aliphatic rings. The molecule has 2 aromatic rings. The highest BCUT2D eigenvalue weighted by Crippen LogP contribution is 2.41. The van der Waals surface area contributed by atoms with Crippen molar-refractivity contribution in [3.63, 3.8) is 0 Å². The Morgan fingerprint density at radius 1 is 1.15 bits per heavy atom. The van der Waals surface area contributed by atoms with Crippen molar-refractivity contribution in [2.45, 2.75) is 24.8 Å². The van der Waals surface area contributed by atoms with Gasteiger partial charge in [0.05, 0.1) is 5.69 Å². The molecule has 0 unspecified atom stereocenters. The largest absolute Gasteiger partial charge is 0.380 e. The van der Waals surface area contributed by atoms with Crippen LogP contribution in [0.4, 0.5) is 10.1 Å². The van der Waals surface area contributed by atoms with E-state index in [1.54, 1.807) is 12.1 Å². The van der Waals surface area contributed by atoms with Gasteiger partial charge in [0.25, 0.3) is 0 Å². The second-order valence-electron chi connectivity index (χ2n) is 5.16. The number of hydrogen-bond acceptors (Lipinski definition) is 1. The average Bonchev–Trinajstić information content (AvgIpc) is 2.38. The molecule has 1 fully saturated rings. The first-order valence-electron chi connectivity index (χ1n) is 6.59. The normalized spacial score (nSPS) is 21.4. The summed E-state index contributed by atoms with van der Waals surface area (Å²) in [6, 6.07) is 13.2. The van der Waals surface area contributed by atoms with E-state index in [2.05, 4.69) is 39.4 Å². The lowest BCUT2D eigenvalue weighted by Crippen LogP contribution is -2.34. The van der Waals surface area contributed by atoms with Crippen molar-refractivity contribution >= 4 is 33.2 Å². The lowest BCUT2D eigenvalue weighted by molar-refractivity contribution is 0.372. The second-order valence-corrected chi connectivity index (χ2v) is 6.45. The molecule has 0 heterocycles. The van der Waals surface area contributed by atoms with Crippen LogP contribution < -0.4 is 5.32 Å². The third kappa shape index (κ3) is 2.84. The number of anilines is 1. The molecule has 0 spiro atoms. The number of hydrogen-bond donors (Lipinski definition) is 1. The van der Waals surface area contributed by atoms with Gasteiger partial charge >= 0.3 is 0 Å². The van der Waals surface area contributed by atoms with Crippen molar-refractivity contribution in [1.29, 1.82) is 0 Å². The second kappa shape index (κ2) is 5.74. The third-order valence-corrected chi connectivity index (χ3v) is 4.73. The van der Waals surface area contributed by atoms with Gasteiger partial charge in [-0.05, 0) is 48.6 Å². The van der Waals surface area contributed by atoms with Crippen LogP contribution in [0.1, 0.15) is 24.3 Å². The van der Waals surface area contributed by atoms with Crippen LogP contribution in [0.3, 0.4) is 0 Å². The Bertz CT molecular complexity index is 626. The quantitative estimate of drug-likeness (QED) is 0.756. The monoisotopic (exact) mass is 353 g/mol. The molecule has 1 N–H and O–H groups in total. The maximum atomic E-state index is 13.6. The van der Waals surface area contributed by atoms with Crippen molar-refractivity contribution in [1.82, 2.24) is 0 Å². The fraction of sp³-hybridized carbons (Fsp3) is 0.250. The zero-order valence-electron chi connectivity index (χ0n) is 10.7. The fourth-order valence-electron chi connectivity index (χ4n) is 2.62. The summed E-state index contributed by atoms with van der Waals surface area (Å²) in [4.78, 5) is 0.